The van der Waals surface area contributed by atoms with Gasteiger partial charge in [-0.05, 0) is 81.2 Å². The molecule has 1 atom stereocenters. The molecular weight excluding hydrogens is 536 g/mol. The number of nitrogens with two attached hydrogens (primary N) is 1. The van der Waals surface area contributed by atoms with Crippen molar-refractivity contribution < 1.29 is 14.3 Å². The molecule has 10 heteroatoms. The minimum absolute atomic E-state index is 0.134. The largest absolute Gasteiger partial charge is 0.410 e. The van der Waals surface area contributed by atoms with Gasteiger partial charge in [0.05, 0.1) is 6.04 Å². The van der Waals surface area contributed by atoms with E-state index in [1.807, 2.05) is 56.6 Å². The molecule has 0 aliphatic heterocycles. The first-order valence-electron chi connectivity index (χ1n) is 11.6. The number of anilines is 2. The van der Waals surface area contributed by atoms with Crippen LogP contribution in [0.1, 0.15) is 28.4 Å². The number of fused-ring (bicyclic) bond motifs is 1. The Morgan fingerprint density at radius 3 is 2.54 bits per heavy atom. The number of aromatic nitrogens is 2. The Balaban J connectivity index is 1.62. The van der Waals surface area contributed by atoms with E-state index in [9.17, 15) is 9.59 Å². The monoisotopic (exact) mass is 562 g/mol. The molecule has 1 unspecified atom stereocenters. The predicted molar refractivity (Wildman–Crippen MR) is 148 cm³/mol. The van der Waals surface area contributed by atoms with Crippen LogP contribution in [-0.4, -0.2) is 47.5 Å². The second kappa shape index (κ2) is 11.8. The van der Waals surface area contributed by atoms with Crippen LogP contribution < -0.4 is 21.1 Å². The maximum Gasteiger partial charge on any atom is 0.410 e. The molecule has 0 saturated heterocycles. The molecule has 4 rings (SSSR count). The fourth-order valence-corrected chi connectivity index (χ4v) is 4.14. The Hall–Kier alpha value is -4.02. The smallest absolute Gasteiger partial charge is 0.408 e. The van der Waals surface area contributed by atoms with Crippen LogP contribution in [0.15, 0.2) is 77.5 Å². The molecule has 0 bridgehead atoms. The second-order valence-electron chi connectivity index (χ2n) is 8.67. The number of ether oxygens (including phenoxy) is 1. The molecule has 0 saturated carbocycles. The summed E-state index contributed by atoms with van der Waals surface area (Å²) in [6.07, 6.45) is 1.27. The molecule has 0 spiro atoms. The van der Waals surface area contributed by atoms with Crippen LogP contribution >= 0.6 is 15.9 Å². The first-order chi connectivity index (χ1) is 17.8. The van der Waals surface area contributed by atoms with E-state index >= 15 is 0 Å². The second-order valence-corrected chi connectivity index (χ2v) is 9.59. The first-order valence-corrected chi connectivity index (χ1v) is 12.4. The molecule has 0 radical (unpaired) electrons. The maximum atomic E-state index is 12.8. The lowest BCUT2D eigenvalue weighted by Crippen LogP contribution is -2.21. The molecule has 1 heterocycles. The van der Waals surface area contributed by atoms with Crippen molar-refractivity contribution in [1.82, 2.24) is 14.9 Å². The number of carbonyl (C=O) groups is 2. The van der Waals surface area contributed by atoms with Gasteiger partial charge in [-0.2, -0.15) is 0 Å². The molecule has 3 aromatic carbocycles. The van der Waals surface area contributed by atoms with Gasteiger partial charge in [-0.3, -0.25) is 4.79 Å². The summed E-state index contributed by atoms with van der Waals surface area (Å²) in [4.78, 5) is 34.9. The van der Waals surface area contributed by atoms with Crippen molar-refractivity contribution in [3.05, 3.63) is 88.7 Å². The van der Waals surface area contributed by atoms with Crippen molar-refractivity contribution >= 4 is 50.3 Å². The van der Waals surface area contributed by atoms with E-state index < -0.39 is 6.09 Å². The number of nitrogens with one attached hydrogen (secondary N) is 2. The summed E-state index contributed by atoms with van der Waals surface area (Å²) >= 11 is 3.39. The number of nitrogens with zero attached hydrogens (tertiary/aromatic N) is 3. The third-order valence-corrected chi connectivity index (χ3v) is 6.20. The van der Waals surface area contributed by atoms with E-state index in [1.165, 1.54) is 6.33 Å². The number of primary amides is 1. The number of hydrogen-bond acceptors (Lipinski definition) is 7. The highest BCUT2D eigenvalue weighted by Crippen LogP contribution is 2.31. The van der Waals surface area contributed by atoms with Crippen LogP contribution in [0, 0.1) is 0 Å². The average molecular weight is 563 g/mol. The number of para-hydroxylation sites is 1. The molecule has 37 heavy (non-hydrogen) atoms. The molecule has 4 N–H and O–H groups in total. The Kier molecular flexibility index (Phi) is 8.32. The highest BCUT2D eigenvalue weighted by Gasteiger charge is 2.17. The zero-order valence-corrected chi connectivity index (χ0v) is 22.0. The van der Waals surface area contributed by atoms with Crippen molar-refractivity contribution in [2.24, 2.45) is 5.73 Å². The Morgan fingerprint density at radius 2 is 1.81 bits per heavy atom. The van der Waals surface area contributed by atoms with Gasteiger partial charge in [0.25, 0.3) is 5.91 Å². The van der Waals surface area contributed by atoms with E-state index in [1.54, 1.807) is 24.3 Å². The van der Waals surface area contributed by atoms with Gasteiger partial charge in [-0.15, -0.1) is 0 Å². The fraction of sp³-hybridized carbons (Fsp3) is 0.185. The van der Waals surface area contributed by atoms with Gasteiger partial charge in [-0.25, -0.2) is 14.8 Å². The fourth-order valence-electron chi connectivity index (χ4n) is 3.88. The molecule has 0 fully saturated rings. The van der Waals surface area contributed by atoms with Gasteiger partial charge in [0, 0.05) is 21.1 Å². The van der Waals surface area contributed by atoms with Gasteiger partial charge < -0.3 is 26.0 Å². The summed E-state index contributed by atoms with van der Waals surface area (Å²) in [5.41, 5.74) is 7.92. The summed E-state index contributed by atoms with van der Waals surface area (Å²) < 4.78 is 6.03. The highest BCUT2D eigenvalue weighted by molar-refractivity contribution is 9.10. The van der Waals surface area contributed by atoms with Gasteiger partial charge in [0.1, 0.15) is 17.7 Å². The van der Waals surface area contributed by atoms with Crippen LogP contribution in [0.3, 0.4) is 0 Å². The molecule has 4 aromatic rings. The Morgan fingerprint density at radius 1 is 1.05 bits per heavy atom. The van der Waals surface area contributed by atoms with Crippen LogP contribution in [0.5, 0.6) is 5.75 Å². The highest BCUT2D eigenvalue weighted by atomic mass is 79.9. The topological polar surface area (TPSA) is 122 Å². The SMILES string of the molecule is CN(C)CCC(Nc1ncnc2c(OC(N)=O)cccc12)c1cccc(NC(=O)c2ccc(Br)cc2)c1. The van der Waals surface area contributed by atoms with Gasteiger partial charge in [0.15, 0.2) is 5.75 Å². The number of halogens is 1. The number of carbonyl (C=O) groups excluding carboxylic acids is 2. The zero-order valence-electron chi connectivity index (χ0n) is 20.4. The maximum absolute atomic E-state index is 12.8. The lowest BCUT2D eigenvalue weighted by atomic mass is 10.0. The number of hydrogen-bond donors (Lipinski definition) is 3. The van der Waals surface area contributed by atoms with Crippen LogP contribution in [-0.2, 0) is 0 Å². The average Bonchev–Trinajstić information content (AvgIpc) is 2.87. The number of amides is 2. The molecule has 9 nitrogen and oxygen atoms in total. The normalized spacial score (nSPS) is 11.8. The molecule has 190 valence electrons. The van der Waals surface area contributed by atoms with Crippen LogP contribution in [0.25, 0.3) is 10.9 Å². The third-order valence-electron chi connectivity index (χ3n) is 5.67. The molecule has 2 amide bonds. The van der Waals surface area contributed by atoms with E-state index in [0.29, 0.717) is 28.0 Å². The van der Waals surface area contributed by atoms with E-state index in [0.717, 1.165) is 23.0 Å². The molecule has 0 aliphatic rings. The van der Waals surface area contributed by atoms with Gasteiger partial charge >= 0.3 is 6.09 Å². The van der Waals surface area contributed by atoms with E-state index in [2.05, 4.69) is 41.4 Å². The van der Waals surface area contributed by atoms with Crippen molar-refractivity contribution in [3.8, 4) is 5.75 Å². The Labute approximate surface area is 223 Å². The van der Waals surface area contributed by atoms with Gasteiger partial charge in [0.2, 0.25) is 0 Å². The predicted octanol–water partition coefficient (Wildman–Crippen LogP) is 5.21. The third kappa shape index (κ3) is 6.81. The summed E-state index contributed by atoms with van der Waals surface area (Å²) in [7, 11) is 4.03. The summed E-state index contributed by atoms with van der Waals surface area (Å²) in [6.45, 7) is 0.812. The first kappa shape index (κ1) is 26.1. The van der Waals surface area contributed by atoms with Crippen LogP contribution in [0.4, 0.5) is 16.3 Å². The van der Waals surface area contributed by atoms with E-state index in [-0.39, 0.29) is 17.7 Å². The van der Waals surface area contributed by atoms with E-state index in [4.69, 9.17) is 10.5 Å². The number of rotatable bonds is 9. The minimum Gasteiger partial charge on any atom is -0.408 e. The summed E-state index contributed by atoms with van der Waals surface area (Å²) in [5.74, 6) is 0.664. The lowest BCUT2D eigenvalue weighted by Gasteiger charge is -2.23. The number of benzene rings is 3. The van der Waals surface area contributed by atoms with Gasteiger partial charge in [-0.1, -0.05) is 34.1 Å². The Bertz CT molecular complexity index is 1410. The van der Waals surface area contributed by atoms with Crippen molar-refractivity contribution in [1.29, 1.82) is 0 Å². The minimum atomic E-state index is -0.911. The standard InChI is InChI=1S/C27H27BrN6O3/c1-34(2)14-13-22(33-25-21-7-4-8-23(37-27(29)36)24(21)30-16-31-25)18-5-3-6-20(15-18)32-26(35)17-9-11-19(28)12-10-17/h3-12,15-16,22H,13-14H2,1-2H3,(H2,29,36)(H,32,35)(H,30,31,33). The van der Waals surface area contributed by atoms with Crippen LogP contribution in [0.2, 0.25) is 0 Å². The van der Waals surface area contributed by atoms with Crippen molar-refractivity contribution in [2.45, 2.75) is 12.5 Å². The molecule has 0 aliphatic carbocycles. The molecular formula is C27H27BrN6O3. The lowest BCUT2D eigenvalue weighted by molar-refractivity contribution is 0.102. The zero-order chi connectivity index (χ0) is 26.4. The molecule has 1 aromatic heterocycles. The summed E-state index contributed by atoms with van der Waals surface area (Å²) in [6, 6.07) is 20.0. The quantitative estimate of drug-likeness (QED) is 0.256. The van der Waals surface area contributed by atoms with Crippen molar-refractivity contribution in [2.75, 3.05) is 31.3 Å². The summed E-state index contributed by atoms with van der Waals surface area (Å²) in [5, 5.41) is 7.19. The van der Waals surface area contributed by atoms with Crippen molar-refractivity contribution in [3.63, 3.8) is 0 Å².